The highest BCUT2D eigenvalue weighted by atomic mass is 35.5. The molecule has 6 heteroatoms. The Morgan fingerprint density at radius 2 is 2.12 bits per heavy atom. The van der Waals surface area contributed by atoms with Gasteiger partial charge in [0.05, 0.1) is 10.7 Å². The number of benzene rings is 1. The first-order valence-electron chi connectivity index (χ1n) is 5.07. The summed E-state index contributed by atoms with van der Waals surface area (Å²) in [6, 6.07) is 4.72. The molecule has 0 aliphatic rings. The number of hydrogen-bond donors (Lipinski definition) is 3. The minimum Gasteiger partial charge on any atom is -0.389 e. The van der Waals surface area contributed by atoms with E-state index in [2.05, 4.69) is 10.6 Å². The molecular weight excluding hydrogens is 258 g/mol. The molecule has 4 nitrogen and oxygen atoms in total. The first-order valence-corrected chi connectivity index (χ1v) is 5.85. The molecular formula is C11H14ClN3OS. The lowest BCUT2D eigenvalue weighted by Gasteiger charge is -2.12. The zero-order valence-electron chi connectivity index (χ0n) is 9.58. The number of amides is 2. The summed E-state index contributed by atoms with van der Waals surface area (Å²) in [5.41, 5.74) is 6.64. The van der Waals surface area contributed by atoms with E-state index in [0.29, 0.717) is 16.3 Å². The lowest BCUT2D eigenvalue weighted by Crippen LogP contribution is -2.34. The first kappa shape index (κ1) is 13.7. The number of hydrogen-bond acceptors (Lipinski definition) is 2. The van der Waals surface area contributed by atoms with E-state index in [4.69, 9.17) is 29.6 Å². The molecule has 17 heavy (non-hydrogen) atoms. The fourth-order valence-corrected chi connectivity index (χ4v) is 1.49. The van der Waals surface area contributed by atoms with Crippen LogP contribution in [-0.2, 0) is 0 Å². The van der Waals surface area contributed by atoms with Gasteiger partial charge in [-0.05, 0) is 26.0 Å². The van der Waals surface area contributed by atoms with Crippen molar-refractivity contribution >= 4 is 40.5 Å². The van der Waals surface area contributed by atoms with Gasteiger partial charge < -0.3 is 16.4 Å². The molecule has 0 atom stereocenters. The van der Waals surface area contributed by atoms with Gasteiger partial charge in [-0.1, -0.05) is 29.9 Å². The quantitative estimate of drug-likeness (QED) is 0.740. The molecule has 0 spiro atoms. The summed E-state index contributed by atoms with van der Waals surface area (Å²) in [6.45, 7) is 3.74. The molecule has 0 aliphatic heterocycles. The van der Waals surface area contributed by atoms with Crippen LogP contribution < -0.4 is 16.4 Å². The van der Waals surface area contributed by atoms with Crippen molar-refractivity contribution in [2.75, 3.05) is 5.32 Å². The molecule has 0 fully saturated rings. The Bertz CT molecular complexity index is 448. The fourth-order valence-electron chi connectivity index (χ4n) is 1.19. The van der Waals surface area contributed by atoms with Gasteiger partial charge in [0.1, 0.15) is 4.99 Å². The average Bonchev–Trinajstić information content (AvgIpc) is 2.19. The number of carbonyl (C=O) groups is 1. The third-order valence-electron chi connectivity index (χ3n) is 1.92. The van der Waals surface area contributed by atoms with Crippen LogP contribution in [0.5, 0.6) is 0 Å². The second kappa shape index (κ2) is 5.84. The van der Waals surface area contributed by atoms with E-state index in [1.807, 2.05) is 13.8 Å². The van der Waals surface area contributed by atoms with E-state index < -0.39 is 0 Å². The van der Waals surface area contributed by atoms with Crippen molar-refractivity contribution in [2.45, 2.75) is 19.9 Å². The van der Waals surface area contributed by atoms with Crippen LogP contribution in [0.15, 0.2) is 18.2 Å². The van der Waals surface area contributed by atoms with Crippen molar-refractivity contribution in [1.29, 1.82) is 0 Å². The zero-order chi connectivity index (χ0) is 13.0. The number of carbonyl (C=O) groups excluding carboxylic acids is 1. The summed E-state index contributed by atoms with van der Waals surface area (Å²) in [5.74, 6) is 0. The van der Waals surface area contributed by atoms with Crippen LogP contribution in [-0.4, -0.2) is 17.1 Å². The third kappa shape index (κ3) is 4.20. The molecule has 1 rings (SSSR count). The average molecular weight is 272 g/mol. The maximum Gasteiger partial charge on any atom is 0.319 e. The van der Waals surface area contributed by atoms with Crippen molar-refractivity contribution in [3.8, 4) is 0 Å². The third-order valence-corrected chi connectivity index (χ3v) is 2.48. The Kier molecular flexibility index (Phi) is 4.72. The lowest BCUT2D eigenvalue weighted by atomic mass is 10.2. The van der Waals surface area contributed by atoms with Gasteiger partial charge in [0.15, 0.2) is 0 Å². The second-order valence-electron chi connectivity index (χ2n) is 3.81. The van der Waals surface area contributed by atoms with Crippen LogP contribution in [0.25, 0.3) is 0 Å². The summed E-state index contributed by atoms with van der Waals surface area (Å²) in [6.07, 6.45) is 0. The molecule has 0 heterocycles. The van der Waals surface area contributed by atoms with Gasteiger partial charge >= 0.3 is 6.03 Å². The van der Waals surface area contributed by atoms with Gasteiger partial charge in [-0.25, -0.2) is 4.79 Å². The highest BCUT2D eigenvalue weighted by Gasteiger charge is 2.08. The van der Waals surface area contributed by atoms with Gasteiger partial charge in [-0.3, -0.25) is 0 Å². The van der Waals surface area contributed by atoms with E-state index in [9.17, 15) is 4.79 Å². The summed E-state index contributed by atoms with van der Waals surface area (Å²) in [4.78, 5) is 11.8. The smallest absolute Gasteiger partial charge is 0.319 e. The van der Waals surface area contributed by atoms with Crippen LogP contribution in [0.4, 0.5) is 10.5 Å². The Morgan fingerprint density at radius 1 is 1.47 bits per heavy atom. The number of urea groups is 1. The second-order valence-corrected chi connectivity index (χ2v) is 4.66. The number of thiocarbonyl (C=S) groups is 1. The Labute approximate surface area is 111 Å². The molecule has 0 aromatic heterocycles. The maximum atomic E-state index is 11.5. The molecule has 0 bridgehead atoms. The number of rotatable bonds is 3. The molecule has 0 unspecified atom stereocenters. The van der Waals surface area contributed by atoms with Crippen molar-refractivity contribution in [1.82, 2.24) is 5.32 Å². The zero-order valence-corrected chi connectivity index (χ0v) is 11.2. The molecule has 0 aliphatic carbocycles. The van der Waals surface area contributed by atoms with E-state index in [1.165, 1.54) is 0 Å². The summed E-state index contributed by atoms with van der Waals surface area (Å²) in [5, 5.41) is 5.77. The fraction of sp³-hybridized carbons (Fsp3) is 0.273. The predicted molar refractivity (Wildman–Crippen MR) is 74.6 cm³/mol. The molecule has 0 saturated carbocycles. The molecule has 0 radical (unpaired) electrons. The molecule has 1 aromatic rings. The van der Waals surface area contributed by atoms with Crippen molar-refractivity contribution < 1.29 is 4.79 Å². The lowest BCUT2D eigenvalue weighted by molar-refractivity contribution is 0.250. The number of nitrogens with one attached hydrogen (secondary N) is 2. The Morgan fingerprint density at radius 3 is 2.65 bits per heavy atom. The predicted octanol–water partition coefficient (Wildman–Crippen LogP) is 2.50. The van der Waals surface area contributed by atoms with E-state index in [0.717, 1.165) is 0 Å². The van der Waals surface area contributed by atoms with E-state index >= 15 is 0 Å². The summed E-state index contributed by atoms with van der Waals surface area (Å²) >= 11 is 10.8. The minimum atomic E-state index is -0.318. The Hall–Kier alpha value is -1.33. The van der Waals surface area contributed by atoms with Crippen molar-refractivity contribution in [2.24, 2.45) is 5.73 Å². The maximum absolute atomic E-state index is 11.5. The van der Waals surface area contributed by atoms with Crippen LogP contribution in [0.1, 0.15) is 19.4 Å². The number of anilines is 1. The van der Waals surface area contributed by atoms with Gasteiger partial charge in [0.25, 0.3) is 0 Å². The largest absolute Gasteiger partial charge is 0.389 e. The van der Waals surface area contributed by atoms with Crippen molar-refractivity contribution in [3.63, 3.8) is 0 Å². The molecule has 4 N–H and O–H groups in total. The SMILES string of the molecule is CC(C)NC(=O)Nc1cc(C(N)=S)ccc1Cl. The monoisotopic (exact) mass is 271 g/mol. The van der Waals surface area contributed by atoms with Crippen LogP contribution in [0.3, 0.4) is 0 Å². The summed E-state index contributed by atoms with van der Waals surface area (Å²) < 4.78 is 0. The molecule has 2 amide bonds. The van der Waals surface area contributed by atoms with Crippen molar-refractivity contribution in [3.05, 3.63) is 28.8 Å². The number of halogens is 1. The minimum absolute atomic E-state index is 0.0487. The topological polar surface area (TPSA) is 67.2 Å². The highest BCUT2D eigenvalue weighted by Crippen LogP contribution is 2.22. The highest BCUT2D eigenvalue weighted by molar-refractivity contribution is 7.80. The normalized spacial score (nSPS) is 10.1. The van der Waals surface area contributed by atoms with Crippen LogP contribution in [0.2, 0.25) is 5.02 Å². The van der Waals surface area contributed by atoms with E-state index in [-0.39, 0.29) is 17.1 Å². The Balaban J connectivity index is 2.86. The standard InChI is InChI=1S/C11H14ClN3OS/c1-6(2)14-11(16)15-9-5-7(10(13)17)3-4-8(9)12/h3-6H,1-2H3,(H2,13,17)(H2,14,15,16). The van der Waals surface area contributed by atoms with E-state index in [1.54, 1.807) is 18.2 Å². The molecule has 0 saturated heterocycles. The van der Waals surface area contributed by atoms with Gasteiger partial charge in [0, 0.05) is 11.6 Å². The van der Waals surface area contributed by atoms with Crippen LogP contribution in [0, 0.1) is 0 Å². The van der Waals surface area contributed by atoms with Gasteiger partial charge in [-0.2, -0.15) is 0 Å². The first-order chi connectivity index (χ1) is 7.90. The van der Waals surface area contributed by atoms with Gasteiger partial charge in [-0.15, -0.1) is 0 Å². The summed E-state index contributed by atoms with van der Waals surface area (Å²) in [7, 11) is 0. The van der Waals surface area contributed by atoms with Gasteiger partial charge in [0.2, 0.25) is 0 Å². The molecule has 92 valence electrons. The molecule has 1 aromatic carbocycles. The van der Waals surface area contributed by atoms with Crippen LogP contribution >= 0.6 is 23.8 Å². The number of nitrogens with two attached hydrogens (primary N) is 1.